The summed E-state index contributed by atoms with van der Waals surface area (Å²) in [4.78, 5) is 15.4. The Morgan fingerprint density at radius 1 is 1.18 bits per heavy atom. The Morgan fingerprint density at radius 2 is 2.00 bits per heavy atom. The number of aromatic nitrogens is 1. The molecule has 0 aliphatic heterocycles. The van der Waals surface area contributed by atoms with Gasteiger partial charge in [0, 0.05) is 45.4 Å². The Kier molecular flexibility index (Phi) is 3.04. The van der Waals surface area contributed by atoms with Gasteiger partial charge in [-0.1, -0.05) is 6.07 Å². The molecule has 4 rings (SSSR count). The van der Waals surface area contributed by atoms with Gasteiger partial charge in [-0.25, -0.2) is 4.79 Å². The first kappa shape index (κ1) is 13.5. The van der Waals surface area contributed by atoms with Gasteiger partial charge in [-0.15, -0.1) is 0 Å². The van der Waals surface area contributed by atoms with E-state index < -0.39 is 5.97 Å². The van der Waals surface area contributed by atoms with E-state index in [4.69, 9.17) is 0 Å². The molecule has 1 N–H and O–H groups in total. The summed E-state index contributed by atoms with van der Waals surface area (Å²) in [6.07, 6.45) is 5.97. The molecule has 1 aliphatic carbocycles. The van der Waals surface area contributed by atoms with Crippen molar-refractivity contribution >= 4 is 49.3 Å². The molecule has 2 aromatic carbocycles. The van der Waals surface area contributed by atoms with E-state index in [0.717, 1.165) is 27.2 Å². The fourth-order valence-corrected chi connectivity index (χ4v) is 3.50. The summed E-state index contributed by atoms with van der Waals surface area (Å²) in [6.45, 7) is 0. The van der Waals surface area contributed by atoms with Crippen LogP contribution >= 0.6 is 16.1 Å². The monoisotopic (exact) mass is 356 g/mol. The average Bonchev–Trinajstić information content (AvgIpc) is 3.37. The molecular weight excluding hydrogens is 344 g/mol. The van der Waals surface area contributed by atoms with Crippen molar-refractivity contribution in [2.75, 3.05) is 3.93 Å². The fourth-order valence-electron chi connectivity index (χ4n) is 2.79. The molecule has 1 aliphatic rings. The molecule has 3 aromatic rings. The van der Waals surface area contributed by atoms with Crippen molar-refractivity contribution in [3.05, 3.63) is 48.3 Å². The van der Waals surface area contributed by atoms with Gasteiger partial charge >= 0.3 is 5.97 Å². The van der Waals surface area contributed by atoms with Gasteiger partial charge in [0.1, 0.15) is 0 Å². The number of carboxylic acids is 1. The van der Waals surface area contributed by atoms with Gasteiger partial charge in [0.25, 0.3) is 0 Å². The van der Waals surface area contributed by atoms with E-state index in [2.05, 4.69) is 31.1 Å². The van der Waals surface area contributed by atoms with Gasteiger partial charge in [0.05, 0.1) is 11.3 Å². The predicted octanol–water partition coefficient (Wildman–Crippen LogP) is 4.36. The van der Waals surface area contributed by atoms with Gasteiger partial charge in [-0.2, -0.15) is 0 Å². The highest BCUT2D eigenvalue weighted by Crippen LogP contribution is 2.40. The number of hydrogen-bond acceptors (Lipinski definition) is 3. The molecule has 0 radical (unpaired) electrons. The Hall–Kier alpha value is -2.14. The quantitative estimate of drug-likeness (QED) is 0.559. The topological polar surface area (TPSA) is 53.4 Å². The number of nitrogens with zero attached hydrogens (tertiary/aromatic N) is 2. The van der Waals surface area contributed by atoms with E-state index in [1.807, 2.05) is 18.3 Å². The van der Waals surface area contributed by atoms with E-state index in [1.54, 1.807) is 18.3 Å². The Morgan fingerprint density at radius 3 is 2.73 bits per heavy atom. The summed E-state index contributed by atoms with van der Waals surface area (Å²) in [5, 5.41) is 13.3. The Labute approximate surface area is 135 Å². The lowest BCUT2D eigenvalue weighted by Gasteiger charge is -2.19. The second-order valence-electron chi connectivity index (χ2n) is 5.60. The number of rotatable bonds is 3. The lowest BCUT2D eigenvalue weighted by Crippen LogP contribution is -2.12. The molecule has 0 atom stereocenters. The van der Waals surface area contributed by atoms with Crippen LogP contribution in [-0.4, -0.2) is 22.1 Å². The summed E-state index contributed by atoms with van der Waals surface area (Å²) >= 11 is 3.66. The first-order chi connectivity index (χ1) is 10.6. The van der Waals surface area contributed by atoms with Crippen LogP contribution in [0.15, 0.2) is 42.7 Å². The van der Waals surface area contributed by atoms with Crippen LogP contribution < -0.4 is 3.93 Å². The van der Waals surface area contributed by atoms with Crippen LogP contribution in [0.5, 0.6) is 0 Å². The van der Waals surface area contributed by atoms with Gasteiger partial charge in [-0.3, -0.25) is 4.98 Å². The first-order valence-electron chi connectivity index (χ1n) is 7.14. The highest BCUT2D eigenvalue weighted by atomic mass is 79.9. The van der Waals surface area contributed by atoms with Gasteiger partial charge < -0.3 is 9.03 Å². The largest absolute Gasteiger partial charge is 0.478 e. The van der Waals surface area contributed by atoms with Crippen molar-refractivity contribution < 1.29 is 9.90 Å². The van der Waals surface area contributed by atoms with Crippen LogP contribution in [0.2, 0.25) is 0 Å². The van der Waals surface area contributed by atoms with Gasteiger partial charge in [0.2, 0.25) is 0 Å². The second-order valence-corrected chi connectivity index (χ2v) is 6.36. The van der Waals surface area contributed by atoms with E-state index in [1.165, 1.54) is 12.8 Å². The smallest absolute Gasteiger partial charge is 0.335 e. The third kappa shape index (κ3) is 2.13. The number of halogens is 1. The molecule has 5 heteroatoms. The molecule has 0 spiro atoms. The maximum atomic E-state index is 11.2. The van der Waals surface area contributed by atoms with Crippen molar-refractivity contribution in [1.82, 2.24) is 4.98 Å². The van der Waals surface area contributed by atoms with Crippen molar-refractivity contribution in [2.24, 2.45) is 0 Å². The predicted molar refractivity (Wildman–Crippen MR) is 90.6 cm³/mol. The molecule has 1 aromatic heterocycles. The van der Waals surface area contributed by atoms with Crippen molar-refractivity contribution in [3.63, 3.8) is 0 Å². The summed E-state index contributed by atoms with van der Waals surface area (Å²) in [6, 6.07) is 9.80. The summed E-state index contributed by atoms with van der Waals surface area (Å²) in [5.74, 6) is -0.910. The molecule has 0 saturated heterocycles. The lowest BCUT2D eigenvalue weighted by molar-refractivity contribution is 0.0697. The molecule has 1 saturated carbocycles. The zero-order valence-corrected chi connectivity index (χ0v) is 13.2. The normalized spacial score (nSPS) is 14.4. The van der Waals surface area contributed by atoms with Crippen LogP contribution in [0.25, 0.3) is 21.5 Å². The number of hydrogen-bond donors (Lipinski definition) is 1. The third-order valence-electron chi connectivity index (χ3n) is 4.08. The minimum atomic E-state index is -0.910. The number of carbonyl (C=O) groups is 1. The fraction of sp³-hybridized carbons (Fsp3) is 0.176. The van der Waals surface area contributed by atoms with Gasteiger partial charge in [0.15, 0.2) is 0 Å². The van der Waals surface area contributed by atoms with Crippen molar-refractivity contribution in [2.45, 2.75) is 18.9 Å². The molecule has 22 heavy (non-hydrogen) atoms. The van der Waals surface area contributed by atoms with Crippen molar-refractivity contribution in [3.8, 4) is 0 Å². The van der Waals surface area contributed by atoms with Crippen LogP contribution in [-0.2, 0) is 0 Å². The van der Waals surface area contributed by atoms with Crippen molar-refractivity contribution in [1.29, 1.82) is 0 Å². The minimum absolute atomic E-state index is 0.300. The van der Waals surface area contributed by atoms with E-state index in [0.29, 0.717) is 11.6 Å². The zero-order valence-electron chi connectivity index (χ0n) is 11.7. The molecule has 0 amide bonds. The number of benzene rings is 2. The maximum absolute atomic E-state index is 11.2. The molecular formula is C17H13BrN2O2. The molecule has 4 nitrogen and oxygen atoms in total. The highest BCUT2D eigenvalue weighted by molar-refractivity contribution is 9.10. The van der Waals surface area contributed by atoms with Crippen LogP contribution in [0.3, 0.4) is 0 Å². The lowest BCUT2D eigenvalue weighted by atomic mass is 10.00. The molecule has 1 fully saturated rings. The average molecular weight is 357 g/mol. The van der Waals surface area contributed by atoms with E-state index >= 15 is 0 Å². The Balaban J connectivity index is 2.05. The highest BCUT2D eigenvalue weighted by Gasteiger charge is 2.29. The summed E-state index contributed by atoms with van der Waals surface area (Å²) in [5.41, 5.74) is 1.36. The Bertz CT molecular complexity index is 906. The number of pyridine rings is 1. The molecule has 0 unspecified atom stereocenters. The molecule has 0 bridgehead atoms. The minimum Gasteiger partial charge on any atom is -0.478 e. The van der Waals surface area contributed by atoms with Crippen LogP contribution in [0, 0.1) is 0 Å². The first-order valence-corrected chi connectivity index (χ1v) is 7.85. The number of aromatic carboxylic acids is 1. The van der Waals surface area contributed by atoms with Gasteiger partial charge in [-0.05, 0) is 47.9 Å². The van der Waals surface area contributed by atoms with E-state index in [-0.39, 0.29) is 0 Å². The van der Waals surface area contributed by atoms with Crippen LogP contribution in [0.1, 0.15) is 23.2 Å². The summed E-state index contributed by atoms with van der Waals surface area (Å²) in [7, 11) is 0. The third-order valence-corrected chi connectivity index (χ3v) is 5.04. The number of carboxylic acid groups (broad SMARTS) is 1. The molecule has 110 valence electrons. The second kappa shape index (κ2) is 4.95. The standard InChI is InChI=1S/C17H13BrN2O2/c18-20(12-2-3-12)16-8-11-7-10(17(21)22)1-4-13(11)15-9-19-6-5-14(15)16/h1,4-9,12H,2-3H2,(H,21,22). The summed E-state index contributed by atoms with van der Waals surface area (Å²) < 4.78 is 2.11. The number of anilines is 1. The van der Waals surface area contributed by atoms with E-state index in [9.17, 15) is 9.90 Å². The maximum Gasteiger partial charge on any atom is 0.335 e. The molecule has 1 heterocycles. The van der Waals surface area contributed by atoms with Crippen LogP contribution in [0.4, 0.5) is 5.69 Å². The number of fused-ring (bicyclic) bond motifs is 3. The SMILES string of the molecule is O=C(O)c1ccc2c(c1)cc(N(Br)C1CC1)c1ccncc12. The zero-order chi connectivity index (χ0) is 15.3.